The average Bonchev–Trinajstić information content (AvgIpc) is 3.29. The van der Waals surface area contributed by atoms with Gasteiger partial charge in [0.05, 0.1) is 0 Å². The third-order valence-electron chi connectivity index (χ3n) is 4.04. The van der Waals surface area contributed by atoms with Crippen LogP contribution in [0.15, 0.2) is 24.3 Å². The fraction of sp³-hybridized carbons (Fsp3) is 0.611. The molecule has 1 aliphatic rings. The van der Waals surface area contributed by atoms with E-state index in [1.807, 2.05) is 0 Å². The van der Waals surface area contributed by atoms with Gasteiger partial charge in [0.2, 0.25) is 5.91 Å². The number of carbonyl (C=O) groups is 1. The first-order valence-corrected chi connectivity index (χ1v) is 8.22. The van der Waals surface area contributed by atoms with E-state index in [4.69, 9.17) is 0 Å². The molecule has 2 N–H and O–H groups in total. The molecule has 0 saturated heterocycles. The number of benzene rings is 1. The molecule has 0 aromatic heterocycles. The van der Waals surface area contributed by atoms with Gasteiger partial charge in [-0.25, -0.2) is 0 Å². The first kappa shape index (κ1) is 16.0. The summed E-state index contributed by atoms with van der Waals surface area (Å²) in [7, 11) is 0. The summed E-state index contributed by atoms with van der Waals surface area (Å²) in [6, 6.07) is 8.71. The van der Waals surface area contributed by atoms with Crippen LogP contribution in [0.3, 0.4) is 0 Å². The van der Waals surface area contributed by atoms with Crippen LogP contribution >= 0.6 is 0 Å². The van der Waals surface area contributed by atoms with Crippen LogP contribution in [-0.4, -0.2) is 19.0 Å². The number of rotatable bonds is 9. The number of hydrogen-bond acceptors (Lipinski definition) is 2. The lowest BCUT2D eigenvalue weighted by Crippen LogP contribution is -2.33. The van der Waals surface area contributed by atoms with E-state index in [0.717, 1.165) is 32.5 Å². The zero-order chi connectivity index (χ0) is 15.1. The number of amides is 1. The van der Waals surface area contributed by atoms with Gasteiger partial charge in [-0.2, -0.15) is 0 Å². The Kier molecular flexibility index (Phi) is 6.24. The minimum atomic E-state index is 0.222. The van der Waals surface area contributed by atoms with Gasteiger partial charge in [0.25, 0.3) is 0 Å². The van der Waals surface area contributed by atoms with Crippen LogP contribution in [0, 0.1) is 11.8 Å². The van der Waals surface area contributed by atoms with Gasteiger partial charge < -0.3 is 10.6 Å². The van der Waals surface area contributed by atoms with Gasteiger partial charge in [-0.05, 0) is 48.8 Å². The average molecular weight is 288 g/mol. The molecule has 1 aromatic rings. The highest BCUT2D eigenvalue weighted by molar-refractivity contribution is 5.76. The maximum absolute atomic E-state index is 11.6. The second-order valence-corrected chi connectivity index (χ2v) is 6.36. The third-order valence-corrected chi connectivity index (χ3v) is 4.04. The van der Waals surface area contributed by atoms with Gasteiger partial charge >= 0.3 is 0 Å². The Balaban J connectivity index is 1.59. The zero-order valence-corrected chi connectivity index (χ0v) is 13.3. The topological polar surface area (TPSA) is 41.1 Å². The molecule has 1 aromatic carbocycles. The lowest BCUT2D eigenvalue weighted by molar-refractivity contribution is -0.121. The second kappa shape index (κ2) is 8.18. The number of carbonyl (C=O) groups excluding carboxylic acids is 1. The van der Waals surface area contributed by atoms with Crippen molar-refractivity contribution in [1.29, 1.82) is 0 Å². The lowest BCUT2D eigenvalue weighted by atomic mass is 10.1. The summed E-state index contributed by atoms with van der Waals surface area (Å²) < 4.78 is 0. The van der Waals surface area contributed by atoms with E-state index in [0.29, 0.717) is 11.8 Å². The summed E-state index contributed by atoms with van der Waals surface area (Å²) >= 11 is 0. The monoisotopic (exact) mass is 288 g/mol. The van der Waals surface area contributed by atoms with Crippen molar-refractivity contribution in [1.82, 2.24) is 10.6 Å². The minimum absolute atomic E-state index is 0.222. The number of aryl methyl sites for hydroxylation is 1. The number of hydrogen-bond donors (Lipinski definition) is 2. The van der Waals surface area contributed by atoms with Crippen LogP contribution in [0.25, 0.3) is 0 Å². The summed E-state index contributed by atoms with van der Waals surface area (Å²) in [5, 5.41) is 6.52. The summed E-state index contributed by atoms with van der Waals surface area (Å²) in [5.41, 5.74) is 2.72. The molecular formula is C18H28N2O. The summed E-state index contributed by atoms with van der Waals surface area (Å²) in [5.74, 6) is 1.35. The molecule has 0 aliphatic heterocycles. The molecule has 0 bridgehead atoms. The fourth-order valence-electron chi connectivity index (χ4n) is 2.44. The number of nitrogens with one attached hydrogen (secondary N) is 2. The second-order valence-electron chi connectivity index (χ2n) is 6.36. The van der Waals surface area contributed by atoms with Gasteiger partial charge in [0, 0.05) is 19.5 Å². The zero-order valence-electron chi connectivity index (χ0n) is 13.3. The van der Waals surface area contributed by atoms with E-state index in [-0.39, 0.29) is 5.91 Å². The largest absolute Gasteiger partial charge is 0.356 e. The Labute approximate surface area is 128 Å². The van der Waals surface area contributed by atoms with E-state index in [9.17, 15) is 4.79 Å². The van der Waals surface area contributed by atoms with Gasteiger partial charge in [-0.1, -0.05) is 38.1 Å². The van der Waals surface area contributed by atoms with Crippen molar-refractivity contribution in [2.24, 2.45) is 11.8 Å². The van der Waals surface area contributed by atoms with E-state index < -0.39 is 0 Å². The van der Waals surface area contributed by atoms with E-state index in [1.54, 1.807) is 0 Å². The molecule has 0 heterocycles. The molecule has 3 nitrogen and oxygen atoms in total. The van der Waals surface area contributed by atoms with Gasteiger partial charge in [0.1, 0.15) is 0 Å². The summed E-state index contributed by atoms with van der Waals surface area (Å²) in [6.07, 6.45) is 4.28. The predicted octanol–water partition coefficient (Wildman–Crippen LogP) is 2.89. The molecule has 2 rings (SSSR count). The first-order chi connectivity index (χ1) is 10.2. The Bertz CT molecular complexity index is 454. The van der Waals surface area contributed by atoms with Crippen molar-refractivity contribution in [3.05, 3.63) is 35.4 Å². The van der Waals surface area contributed by atoms with Gasteiger partial charge in [0.15, 0.2) is 0 Å². The molecule has 3 heteroatoms. The normalized spacial score (nSPS) is 15.7. The highest BCUT2D eigenvalue weighted by Crippen LogP contribution is 2.32. The predicted molar refractivity (Wildman–Crippen MR) is 87.0 cm³/mol. The maximum Gasteiger partial charge on any atom is 0.220 e. The van der Waals surface area contributed by atoms with Crippen LogP contribution in [0.4, 0.5) is 0 Å². The molecule has 1 unspecified atom stereocenters. The van der Waals surface area contributed by atoms with Crippen molar-refractivity contribution < 1.29 is 4.79 Å². The molecule has 1 atom stereocenters. The van der Waals surface area contributed by atoms with Crippen LogP contribution in [-0.2, 0) is 17.8 Å². The van der Waals surface area contributed by atoms with Crippen molar-refractivity contribution in [3.8, 4) is 0 Å². The summed E-state index contributed by atoms with van der Waals surface area (Å²) in [6.45, 7) is 6.95. The van der Waals surface area contributed by atoms with Crippen LogP contribution in [0.5, 0.6) is 0 Å². The molecule has 1 amide bonds. The molecule has 21 heavy (non-hydrogen) atoms. The molecular weight excluding hydrogens is 260 g/mol. The SMILES string of the molecule is CCc1cccc(CNCC(C)CNC(=O)CC2CC2)c1. The smallest absolute Gasteiger partial charge is 0.220 e. The molecule has 116 valence electrons. The minimum Gasteiger partial charge on any atom is -0.356 e. The molecule has 1 fully saturated rings. The van der Waals surface area contributed by atoms with Gasteiger partial charge in [-0.3, -0.25) is 4.79 Å². The van der Waals surface area contributed by atoms with Crippen molar-refractivity contribution in [2.45, 2.75) is 46.1 Å². The van der Waals surface area contributed by atoms with E-state index >= 15 is 0 Å². The molecule has 0 radical (unpaired) electrons. The van der Waals surface area contributed by atoms with Crippen LogP contribution < -0.4 is 10.6 Å². The van der Waals surface area contributed by atoms with Crippen molar-refractivity contribution in [3.63, 3.8) is 0 Å². The fourth-order valence-corrected chi connectivity index (χ4v) is 2.44. The Morgan fingerprint density at radius 2 is 2.05 bits per heavy atom. The van der Waals surface area contributed by atoms with Crippen molar-refractivity contribution >= 4 is 5.91 Å². The Morgan fingerprint density at radius 1 is 1.29 bits per heavy atom. The highest BCUT2D eigenvalue weighted by Gasteiger charge is 2.24. The van der Waals surface area contributed by atoms with Crippen molar-refractivity contribution in [2.75, 3.05) is 13.1 Å². The molecule has 1 aliphatic carbocycles. The van der Waals surface area contributed by atoms with E-state index in [2.05, 4.69) is 48.7 Å². The standard InChI is InChI=1S/C18H28N2O/c1-3-15-5-4-6-17(9-15)13-19-11-14(2)12-20-18(21)10-16-7-8-16/h4-6,9,14,16,19H,3,7-8,10-13H2,1-2H3,(H,20,21). The van der Waals surface area contributed by atoms with Crippen LogP contribution in [0.1, 0.15) is 44.2 Å². The highest BCUT2D eigenvalue weighted by atomic mass is 16.1. The lowest BCUT2D eigenvalue weighted by Gasteiger charge is -2.14. The van der Waals surface area contributed by atoms with Crippen LogP contribution in [0.2, 0.25) is 0 Å². The van der Waals surface area contributed by atoms with E-state index in [1.165, 1.54) is 24.0 Å². The molecule has 1 saturated carbocycles. The summed E-state index contributed by atoms with van der Waals surface area (Å²) in [4.78, 5) is 11.6. The Morgan fingerprint density at radius 3 is 2.76 bits per heavy atom. The Hall–Kier alpha value is -1.35. The first-order valence-electron chi connectivity index (χ1n) is 8.22. The quantitative estimate of drug-likeness (QED) is 0.733. The maximum atomic E-state index is 11.6. The molecule has 0 spiro atoms. The van der Waals surface area contributed by atoms with Gasteiger partial charge in [-0.15, -0.1) is 0 Å². The third kappa shape index (κ3) is 6.30.